The Morgan fingerprint density at radius 1 is 1.30 bits per heavy atom. The van der Waals surface area contributed by atoms with Gasteiger partial charge in [-0.15, -0.1) is 0 Å². The van der Waals surface area contributed by atoms with Gasteiger partial charge in [-0.1, -0.05) is 30.3 Å². The largest absolute Gasteiger partial charge is 0.382 e. The van der Waals surface area contributed by atoms with Crippen molar-refractivity contribution in [1.82, 2.24) is 10.2 Å². The number of piperazine rings is 1. The highest BCUT2D eigenvalue weighted by atomic mass is 16.5. The first-order valence-electron chi connectivity index (χ1n) is 7.74. The minimum Gasteiger partial charge on any atom is -0.382 e. The lowest BCUT2D eigenvalue weighted by atomic mass is 9.94. The molecule has 0 aromatic heterocycles. The molecule has 0 amide bonds. The second kappa shape index (κ2) is 7.21. The SMILES string of the molecule is CCOCCCN1CC(C)(C)NCC1c1ccccc1. The Hall–Kier alpha value is -0.900. The van der Waals surface area contributed by atoms with E-state index in [1.54, 1.807) is 0 Å². The van der Waals surface area contributed by atoms with Crippen molar-refractivity contribution in [2.45, 2.75) is 38.8 Å². The Kier molecular flexibility index (Phi) is 5.58. The highest BCUT2D eigenvalue weighted by molar-refractivity contribution is 5.20. The summed E-state index contributed by atoms with van der Waals surface area (Å²) in [5, 5.41) is 3.67. The molecule has 1 saturated heterocycles. The van der Waals surface area contributed by atoms with Crippen LogP contribution in [0.25, 0.3) is 0 Å². The first-order chi connectivity index (χ1) is 9.62. The molecule has 1 aromatic carbocycles. The molecule has 1 unspecified atom stereocenters. The van der Waals surface area contributed by atoms with Crippen LogP contribution in [-0.2, 0) is 4.74 Å². The van der Waals surface area contributed by atoms with E-state index in [0.717, 1.165) is 39.3 Å². The summed E-state index contributed by atoms with van der Waals surface area (Å²) >= 11 is 0. The molecule has 0 radical (unpaired) electrons. The summed E-state index contributed by atoms with van der Waals surface area (Å²) in [7, 11) is 0. The van der Waals surface area contributed by atoms with Crippen molar-refractivity contribution in [3.8, 4) is 0 Å². The molecule has 1 heterocycles. The van der Waals surface area contributed by atoms with Gasteiger partial charge in [-0.05, 0) is 32.8 Å². The van der Waals surface area contributed by atoms with Crippen LogP contribution in [0.4, 0.5) is 0 Å². The maximum atomic E-state index is 5.48. The van der Waals surface area contributed by atoms with Crippen LogP contribution in [0.5, 0.6) is 0 Å². The van der Waals surface area contributed by atoms with Crippen molar-refractivity contribution in [2.24, 2.45) is 0 Å². The van der Waals surface area contributed by atoms with Gasteiger partial charge < -0.3 is 10.1 Å². The molecule has 1 aliphatic rings. The van der Waals surface area contributed by atoms with E-state index in [0.29, 0.717) is 6.04 Å². The van der Waals surface area contributed by atoms with Gasteiger partial charge in [0.25, 0.3) is 0 Å². The van der Waals surface area contributed by atoms with Crippen molar-refractivity contribution in [1.29, 1.82) is 0 Å². The Bertz CT molecular complexity index is 391. The molecular weight excluding hydrogens is 248 g/mol. The van der Waals surface area contributed by atoms with Crippen LogP contribution >= 0.6 is 0 Å². The van der Waals surface area contributed by atoms with Crippen LogP contribution in [0.15, 0.2) is 30.3 Å². The van der Waals surface area contributed by atoms with Crippen molar-refractivity contribution < 1.29 is 4.74 Å². The van der Waals surface area contributed by atoms with Crippen LogP contribution in [0.1, 0.15) is 38.8 Å². The first kappa shape index (κ1) is 15.5. The predicted molar refractivity (Wildman–Crippen MR) is 83.9 cm³/mol. The zero-order chi connectivity index (χ0) is 14.4. The Morgan fingerprint density at radius 2 is 2.05 bits per heavy atom. The topological polar surface area (TPSA) is 24.5 Å². The van der Waals surface area contributed by atoms with Gasteiger partial charge in [-0.25, -0.2) is 0 Å². The normalized spacial score (nSPS) is 22.9. The van der Waals surface area contributed by atoms with Crippen LogP contribution in [0.2, 0.25) is 0 Å². The van der Waals surface area contributed by atoms with Crippen LogP contribution in [0.3, 0.4) is 0 Å². The van der Waals surface area contributed by atoms with Crippen LogP contribution < -0.4 is 5.32 Å². The zero-order valence-corrected chi connectivity index (χ0v) is 13.1. The second-order valence-corrected chi connectivity index (χ2v) is 6.21. The highest BCUT2D eigenvalue weighted by Gasteiger charge is 2.32. The van der Waals surface area contributed by atoms with Gasteiger partial charge >= 0.3 is 0 Å². The molecule has 1 atom stereocenters. The van der Waals surface area contributed by atoms with Gasteiger partial charge in [0.15, 0.2) is 0 Å². The maximum absolute atomic E-state index is 5.48. The van der Waals surface area contributed by atoms with Gasteiger partial charge in [0.1, 0.15) is 0 Å². The summed E-state index contributed by atoms with van der Waals surface area (Å²) in [5.74, 6) is 0. The van der Waals surface area contributed by atoms with Crippen molar-refractivity contribution in [3.05, 3.63) is 35.9 Å². The van der Waals surface area contributed by atoms with E-state index in [1.807, 2.05) is 0 Å². The third-order valence-corrected chi connectivity index (χ3v) is 3.94. The fourth-order valence-corrected chi connectivity index (χ4v) is 2.93. The van der Waals surface area contributed by atoms with Gasteiger partial charge in [-0.2, -0.15) is 0 Å². The molecule has 1 aromatic rings. The van der Waals surface area contributed by atoms with Crippen molar-refractivity contribution in [3.63, 3.8) is 0 Å². The summed E-state index contributed by atoms with van der Waals surface area (Å²) in [6, 6.07) is 11.3. The third-order valence-electron chi connectivity index (χ3n) is 3.94. The highest BCUT2D eigenvalue weighted by Crippen LogP contribution is 2.26. The average molecular weight is 276 g/mol. The lowest BCUT2D eigenvalue weighted by Gasteiger charge is -2.45. The number of hydrogen-bond acceptors (Lipinski definition) is 3. The molecule has 112 valence electrons. The second-order valence-electron chi connectivity index (χ2n) is 6.21. The van der Waals surface area contributed by atoms with E-state index in [-0.39, 0.29) is 5.54 Å². The predicted octanol–water partition coefficient (Wildman–Crippen LogP) is 2.84. The molecule has 1 N–H and O–H groups in total. The standard InChI is InChI=1S/C17H28N2O/c1-4-20-12-8-11-19-14-17(2,3)18-13-16(19)15-9-6-5-7-10-15/h5-7,9-10,16,18H,4,8,11-14H2,1-3H3. The molecule has 3 nitrogen and oxygen atoms in total. The maximum Gasteiger partial charge on any atom is 0.0478 e. The van der Waals surface area contributed by atoms with Crippen LogP contribution in [0, 0.1) is 0 Å². The number of nitrogens with one attached hydrogen (secondary N) is 1. The number of benzene rings is 1. The average Bonchev–Trinajstić information content (AvgIpc) is 2.44. The Morgan fingerprint density at radius 3 is 2.75 bits per heavy atom. The summed E-state index contributed by atoms with van der Waals surface area (Å²) in [6.45, 7) is 11.5. The quantitative estimate of drug-likeness (QED) is 0.809. The van der Waals surface area contributed by atoms with Crippen LogP contribution in [-0.4, -0.2) is 43.3 Å². The van der Waals surface area contributed by atoms with Crippen molar-refractivity contribution in [2.75, 3.05) is 32.8 Å². The summed E-state index contributed by atoms with van der Waals surface area (Å²) in [6.07, 6.45) is 1.10. The summed E-state index contributed by atoms with van der Waals surface area (Å²) in [5.41, 5.74) is 1.60. The Labute approximate surface area is 123 Å². The molecule has 0 saturated carbocycles. The molecule has 2 rings (SSSR count). The molecule has 1 aliphatic heterocycles. The number of nitrogens with zero attached hydrogens (tertiary/aromatic N) is 1. The first-order valence-corrected chi connectivity index (χ1v) is 7.74. The van der Waals surface area contributed by atoms with Gasteiger partial charge in [-0.3, -0.25) is 4.90 Å². The molecule has 0 bridgehead atoms. The minimum absolute atomic E-state index is 0.191. The molecule has 0 aliphatic carbocycles. The van der Waals surface area contributed by atoms with E-state index >= 15 is 0 Å². The Balaban J connectivity index is 2.00. The molecular formula is C17H28N2O. The molecule has 3 heteroatoms. The molecule has 0 spiro atoms. The fourth-order valence-electron chi connectivity index (χ4n) is 2.93. The van der Waals surface area contributed by atoms with Gasteiger partial charge in [0, 0.05) is 44.4 Å². The van der Waals surface area contributed by atoms with E-state index in [1.165, 1.54) is 5.56 Å². The van der Waals surface area contributed by atoms with E-state index < -0.39 is 0 Å². The molecule has 20 heavy (non-hydrogen) atoms. The summed E-state index contributed by atoms with van der Waals surface area (Å²) in [4.78, 5) is 2.60. The number of ether oxygens (including phenoxy) is 1. The van der Waals surface area contributed by atoms with E-state index in [9.17, 15) is 0 Å². The van der Waals surface area contributed by atoms with Crippen molar-refractivity contribution >= 4 is 0 Å². The van der Waals surface area contributed by atoms with Gasteiger partial charge in [0.2, 0.25) is 0 Å². The number of hydrogen-bond donors (Lipinski definition) is 1. The monoisotopic (exact) mass is 276 g/mol. The fraction of sp³-hybridized carbons (Fsp3) is 0.647. The summed E-state index contributed by atoms with van der Waals surface area (Å²) < 4.78 is 5.48. The van der Waals surface area contributed by atoms with E-state index in [2.05, 4.69) is 61.3 Å². The number of rotatable bonds is 6. The molecule has 1 fully saturated rings. The lowest BCUT2D eigenvalue weighted by Crippen LogP contribution is -2.58. The lowest BCUT2D eigenvalue weighted by molar-refractivity contribution is 0.0758. The minimum atomic E-state index is 0.191. The zero-order valence-electron chi connectivity index (χ0n) is 13.1. The smallest absolute Gasteiger partial charge is 0.0478 e. The van der Waals surface area contributed by atoms with Gasteiger partial charge in [0.05, 0.1) is 0 Å². The van der Waals surface area contributed by atoms with E-state index in [4.69, 9.17) is 4.74 Å². The third kappa shape index (κ3) is 4.30.